The third kappa shape index (κ3) is 9.78. The van der Waals surface area contributed by atoms with Gasteiger partial charge < -0.3 is 33.6 Å². The maximum atomic E-state index is 17.8. The molecule has 1 N–H and O–H groups in total. The number of hydrogen-bond donors (Lipinski definition) is 1. The third-order valence-corrected chi connectivity index (χ3v) is 13.7. The Balaban J connectivity index is 0.000000753. The minimum Gasteiger partial charge on any atom is -0.444 e. The van der Waals surface area contributed by atoms with Gasteiger partial charge in [-0.05, 0) is 122 Å². The lowest BCUT2D eigenvalue weighted by Gasteiger charge is -2.32. The molecule has 1 saturated carbocycles. The zero-order chi connectivity index (χ0) is 46.2. The van der Waals surface area contributed by atoms with Gasteiger partial charge in [-0.3, -0.25) is 9.59 Å². The number of aromatic amines is 1. The highest BCUT2D eigenvalue weighted by Gasteiger charge is 2.44. The third-order valence-electron chi connectivity index (χ3n) is 12.9. The van der Waals surface area contributed by atoms with Crippen LogP contribution >= 0.6 is 23.2 Å². The van der Waals surface area contributed by atoms with Gasteiger partial charge in [-0.15, -0.1) is 0 Å². The molecule has 12 nitrogen and oxygen atoms in total. The summed E-state index contributed by atoms with van der Waals surface area (Å²) in [5.74, 6) is -0.354. The Kier molecular flexibility index (Phi) is 13.9. The maximum Gasteiger partial charge on any atom is 0.410 e. The lowest BCUT2D eigenvalue weighted by Crippen LogP contribution is -2.40. The fourth-order valence-corrected chi connectivity index (χ4v) is 10.1. The van der Waals surface area contributed by atoms with Crippen LogP contribution in [0.1, 0.15) is 128 Å². The Morgan fingerprint density at radius 3 is 2.48 bits per heavy atom. The van der Waals surface area contributed by atoms with Crippen LogP contribution in [0.25, 0.3) is 32.9 Å². The number of ether oxygens (including phenoxy) is 3. The van der Waals surface area contributed by atoms with E-state index in [1.165, 1.54) is 6.07 Å². The predicted octanol–water partition coefficient (Wildman–Crippen LogP) is 11.4. The van der Waals surface area contributed by atoms with Crippen molar-refractivity contribution < 1.29 is 28.2 Å². The molecule has 6 heterocycles. The topological polar surface area (TPSA) is 143 Å². The predicted molar refractivity (Wildman–Crippen MR) is 249 cm³/mol. The molecule has 1 aliphatic carbocycles. The zero-order valence-corrected chi connectivity index (χ0v) is 39.2. The van der Waals surface area contributed by atoms with Crippen molar-refractivity contribution >= 4 is 57.0 Å². The quantitative estimate of drug-likeness (QED) is 0.154. The maximum absolute atomic E-state index is 17.8. The van der Waals surface area contributed by atoms with Gasteiger partial charge in [0.25, 0.3) is 0 Å². The summed E-state index contributed by atoms with van der Waals surface area (Å²) >= 11 is 13.3. The van der Waals surface area contributed by atoms with E-state index in [9.17, 15) is 19.6 Å². The van der Waals surface area contributed by atoms with Gasteiger partial charge in [-0.1, -0.05) is 41.4 Å². The number of hydrogen-bond acceptors (Lipinski definition) is 8. The molecule has 65 heavy (non-hydrogen) atoms. The van der Waals surface area contributed by atoms with Crippen molar-refractivity contribution in [2.24, 2.45) is 5.92 Å². The van der Waals surface area contributed by atoms with E-state index in [1.54, 1.807) is 41.4 Å². The molecule has 0 spiro atoms. The number of rotatable bonds is 9. The van der Waals surface area contributed by atoms with Gasteiger partial charge in [-0.25, -0.2) is 14.2 Å². The number of benzene rings is 2. The van der Waals surface area contributed by atoms with Crippen LogP contribution in [0.5, 0.6) is 0 Å². The van der Waals surface area contributed by atoms with Crippen LogP contribution in [0.15, 0.2) is 59.5 Å². The standard InChI is InChI=1S/C45H52Cl2FN5O5.C5H5NO/c1-25-33(18-21-51(25)44(55)58-45(3,4)5)53-35(34-14-10-20-52(34)43(54)27-16-17-27)24-31-40(26(2)57-36-15-6-7-22-56-36)50-41-30(42(31)53)23-28(11-9-19-49)37(39(41)48)29-12-8-13-32(46)38(29)47;7-5-3-1-2-4-6-5/h8,12-13,23-27,33-34,36H,6-7,9-11,14-18,20-22H2,1-5H3;1-4H,(H,6,7)/t25-,26?,33?,34?,36?;/m1./s1. The van der Waals surface area contributed by atoms with Gasteiger partial charge in [0.05, 0.1) is 45.5 Å². The number of amides is 2. The molecule has 5 atom stereocenters. The summed E-state index contributed by atoms with van der Waals surface area (Å²) < 4.78 is 38.6. The molecule has 344 valence electrons. The molecule has 2 aromatic carbocycles. The molecule has 3 saturated heterocycles. The molecule has 2 amide bonds. The van der Waals surface area contributed by atoms with Crippen molar-refractivity contribution in [2.75, 3.05) is 19.7 Å². The Labute approximate surface area is 388 Å². The summed E-state index contributed by atoms with van der Waals surface area (Å²) in [6.45, 7) is 11.3. The minimum atomic E-state index is -0.677. The molecule has 5 aromatic rings. The second kappa shape index (κ2) is 19.5. The van der Waals surface area contributed by atoms with E-state index in [0.717, 1.165) is 61.5 Å². The van der Waals surface area contributed by atoms with E-state index < -0.39 is 23.8 Å². The van der Waals surface area contributed by atoms with E-state index in [1.807, 2.05) is 45.6 Å². The highest BCUT2D eigenvalue weighted by molar-refractivity contribution is 6.43. The Morgan fingerprint density at radius 1 is 1.02 bits per heavy atom. The number of aryl methyl sites for hydroxylation is 1. The molecule has 4 fully saturated rings. The first kappa shape index (κ1) is 46.5. The molecular weight excluding hydrogens is 870 g/mol. The highest BCUT2D eigenvalue weighted by Crippen LogP contribution is 2.48. The van der Waals surface area contributed by atoms with E-state index in [2.05, 4.69) is 21.7 Å². The first-order valence-corrected chi connectivity index (χ1v) is 23.6. The number of fused-ring (bicyclic) bond motifs is 3. The van der Waals surface area contributed by atoms with Crippen LogP contribution in [0.3, 0.4) is 0 Å². The number of aromatic nitrogens is 3. The molecule has 9 rings (SSSR count). The van der Waals surface area contributed by atoms with Gasteiger partial charge >= 0.3 is 6.09 Å². The first-order chi connectivity index (χ1) is 31.2. The van der Waals surface area contributed by atoms with Crippen LogP contribution in [-0.4, -0.2) is 74.0 Å². The average molecular weight is 928 g/mol. The van der Waals surface area contributed by atoms with Gasteiger partial charge in [0.15, 0.2) is 12.1 Å². The largest absolute Gasteiger partial charge is 0.444 e. The summed E-state index contributed by atoms with van der Waals surface area (Å²) in [5, 5.41) is 11.6. The lowest BCUT2D eigenvalue weighted by atomic mass is 9.92. The minimum absolute atomic E-state index is 0.0435. The molecule has 0 bridgehead atoms. The van der Waals surface area contributed by atoms with E-state index in [4.69, 9.17) is 42.4 Å². The van der Waals surface area contributed by atoms with E-state index in [0.29, 0.717) is 48.3 Å². The molecule has 3 aromatic heterocycles. The van der Waals surface area contributed by atoms with Crippen LogP contribution in [0.2, 0.25) is 10.0 Å². The number of halogens is 3. The molecular formula is C50H57Cl2FN6O6. The van der Waals surface area contributed by atoms with Crippen molar-refractivity contribution in [1.82, 2.24) is 24.3 Å². The Bertz CT molecular complexity index is 2660. The molecule has 3 aliphatic heterocycles. The number of nitrogens with one attached hydrogen (secondary N) is 1. The van der Waals surface area contributed by atoms with Crippen LogP contribution < -0.4 is 5.56 Å². The number of pyridine rings is 2. The fraction of sp³-hybridized carbons (Fsp3) is 0.500. The van der Waals surface area contributed by atoms with E-state index in [-0.39, 0.29) is 75.6 Å². The summed E-state index contributed by atoms with van der Waals surface area (Å²) in [7, 11) is 0. The second-order valence-corrected chi connectivity index (χ2v) is 19.4. The monoisotopic (exact) mass is 926 g/mol. The first-order valence-electron chi connectivity index (χ1n) is 22.9. The Morgan fingerprint density at radius 2 is 1.82 bits per heavy atom. The molecule has 4 unspecified atom stereocenters. The second-order valence-electron chi connectivity index (χ2n) is 18.6. The number of nitriles is 1. The summed E-state index contributed by atoms with van der Waals surface area (Å²) in [6, 6.07) is 15.6. The highest BCUT2D eigenvalue weighted by atomic mass is 35.5. The number of H-pyrrole nitrogens is 1. The van der Waals surface area contributed by atoms with Crippen LogP contribution in [0.4, 0.5) is 9.18 Å². The summed E-state index contributed by atoms with van der Waals surface area (Å²) in [6.07, 6.45) is 7.30. The molecule has 0 radical (unpaired) electrons. The number of nitrogens with zero attached hydrogens (tertiary/aromatic N) is 5. The van der Waals surface area contributed by atoms with Crippen molar-refractivity contribution in [1.29, 1.82) is 5.26 Å². The molecule has 4 aliphatic rings. The number of carbonyl (C=O) groups is 2. The fourth-order valence-electron chi connectivity index (χ4n) is 9.71. The van der Waals surface area contributed by atoms with Crippen LogP contribution in [0, 0.1) is 23.1 Å². The van der Waals surface area contributed by atoms with Gasteiger partial charge in [0, 0.05) is 71.9 Å². The Hall–Kier alpha value is -5.00. The number of carbonyl (C=O) groups excluding carboxylic acids is 2. The lowest BCUT2D eigenvalue weighted by molar-refractivity contribution is -0.186. The van der Waals surface area contributed by atoms with Crippen molar-refractivity contribution in [3.05, 3.63) is 97.9 Å². The van der Waals surface area contributed by atoms with Crippen LogP contribution in [-0.2, 0) is 25.4 Å². The van der Waals surface area contributed by atoms with Crippen molar-refractivity contribution in [3.8, 4) is 17.2 Å². The smallest absolute Gasteiger partial charge is 0.410 e. The summed E-state index contributed by atoms with van der Waals surface area (Å²) in [4.78, 5) is 49.2. The number of likely N-dealkylation sites (tertiary alicyclic amines) is 2. The normalized spacial score (nSPS) is 21.6. The van der Waals surface area contributed by atoms with Gasteiger partial charge in [-0.2, -0.15) is 5.26 Å². The van der Waals surface area contributed by atoms with Crippen molar-refractivity contribution in [3.63, 3.8) is 0 Å². The van der Waals surface area contributed by atoms with Crippen molar-refractivity contribution in [2.45, 2.75) is 135 Å². The van der Waals surface area contributed by atoms with Gasteiger partial charge in [0.2, 0.25) is 11.5 Å². The average Bonchev–Trinajstić information content (AvgIpc) is 3.69. The zero-order valence-electron chi connectivity index (χ0n) is 37.7. The SMILES string of the molecule is CC(OC1CCCCO1)c1nc2c(F)c(-c3cccc(Cl)c3Cl)c(CCC#N)cc2c2c1cc(C1CCCN1C(=O)C1CC1)n2C1CCN(C(=O)OC(C)(C)C)[C@@H]1C.O=c1cccc[nH]1. The van der Waals surface area contributed by atoms with Gasteiger partial charge in [0.1, 0.15) is 17.2 Å². The molecule has 15 heteroatoms. The van der Waals surface area contributed by atoms with E-state index >= 15 is 4.39 Å². The summed E-state index contributed by atoms with van der Waals surface area (Å²) in [5.41, 5.74) is 2.90.